The molecular weight excluding hydrogens is 172 g/mol. The molecule has 0 saturated carbocycles. The highest BCUT2D eigenvalue weighted by Gasteiger charge is 2.16. The first-order chi connectivity index (χ1) is 5.70. The van der Waals surface area contributed by atoms with Crippen molar-refractivity contribution in [2.24, 2.45) is 11.7 Å². The van der Waals surface area contributed by atoms with Crippen molar-refractivity contribution < 1.29 is 4.79 Å². The molecule has 0 radical (unpaired) electrons. The van der Waals surface area contributed by atoms with Gasteiger partial charge in [-0.15, -0.1) is 0 Å². The lowest BCUT2D eigenvalue weighted by Crippen LogP contribution is -2.40. The van der Waals surface area contributed by atoms with Crippen molar-refractivity contribution in [1.29, 1.82) is 0 Å². The number of hydrogen-bond acceptors (Lipinski definition) is 3. The van der Waals surface area contributed by atoms with E-state index in [0.29, 0.717) is 5.92 Å². The van der Waals surface area contributed by atoms with Crippen molar-refractivity contribution in [3.05, 3.63) is 0 Å². The summed E-state index contributed by atoms with van der Waals surface area (Å²) in [5.41, 5.74) is 5.40. The number of carbonyl (C=O) groups is 1. The zero-order valence-electron chi connectivity index (χ0n) is 7.38. The number of nitrogens with one attached hydrogen (secondary N) is 1. The van der Waals surface area contributed by atoms with E-state index in [1.807, 2.05) is 11.8 Å². The second kappa shape index (κ2) is 4.72. The second-order valence-electron chi connectivity index (χ2n) is 3.26. The number of carbonyl (C=O) groups excluding carboxylic acids is 1. The normalized spacial score (nSPS) is 25.3. The van der Waals surface area contributed by atoms with E-state index in [1.54, 1.807) is 6.92 Å². The molecule has 0 aliphatic carbocycles. The Morgan fingerprint density at radius 1 is 1.83 bits per heavy atom. The largest absolute Gasteiger partial charge is 0.354 e. The van der Waals surface area contributed by atoms with E-state index < -0.39 is 0 Å². The Morgan fingerprint density at radius 3 is 3.08 bits per heavy atom. The third kappa shape index (κ3) is 3.03. The predicted molar refractivity (Wildman–Crippen MR) is 52.1 cm³/mol. The molecule has 1 rings (SSSR count). The Hall–Kier alpha value is -0.220. The van der Waals surface area contributed by atoms with Crippen molar-refractivity contribution >= 4 is 17.7 Å². The molecule has 0 aromatic rings. The fourth-order valence-electron chi connectivity index (χ4n) is 1.15. The summed E-state index contributed by atoms with van der Waals surface area (Å²) >= 11 is 1.96. The summed E-state index contributed by atoms with van der Waals surface area (Å²) in [6, 6.07) is -0.376. The third-order valence-electron chi connectivity index (χ3n) is 2.00. The van der Waals surface area contributed by atoms with Crippen LogP contribution in [-0.4, -0.2) is 30.0 Å². The molecule has 4 heteroatoms. The van der Waals surface area contributed by atoms with Crippen molar-refractivity contribution in [3.63, 3.8) is 0 Å². The number of amides is 1. The lowest BCUT2D eigenvalue weighted by molar-refractivity contribution is -0.122. The van der Waals surface area contributed by atoms with E-state index in [9.17, 15) is 4.79 Å². The summed E-state index contributed by atoms with van der Waals surface area (Å²) in [7, 11) is 0. The van der Waals surface area contributed by atoms with Crippen LogP contribution in [0, 0.1) is 5.92 Å². The van der Waals surface area contributed by atoms with Crippen LogP contribution in [0.3, 0.4) is 0 Å². The lowest BCUT2D eigenvalue weighted by Gasteiger charge is -2.11. The van der Waals surface area contributed by atoms with Gasteiger partial charge in [0.1, 0.15) is 0 Å². The van der Waals surface area contributed by atoms with Crippen LogP contribution >= 0.6 is 11.8 Å². The summed E-state index contributed by atoms with van der Waals surface area (Å²) in [4.78, 5) is 11.1. The first-order valence-electron chi connectivity index (χ1n) is 4.31. The molecule has 3 N–H and O–H groups in total. The molecule has 12 heavy (non-hydrogen) atoms. The SMILES string of the molecule is C[C@H](N)C(=O)NCC1CCSC1. The van der Waals surface area contributed by atoms with Gasteiger partial charge >= 0.3 is 0 Å². The summed E-state index contributed by atoms with van der Waals surface area (Å²) in [5.74, 6) is 3.04. The molecule has 1 aliphatic heterocycles. The van der Waals surface area contributed by atoms with Crippen molar-refractivity contribution in [2.75, 3.05) is 18.1 Å². The minimum absolute atomic E-state index is 0.0353. The molecular formula is C8H16N2OS. The van der Waals surface area contributed by atoms with Gasteiger partial charge in [-0.3, -0.25) is 4.79 Å². The Labute approximate surface area is 77.5 Å². The zero-order chi connectivity index (χ0) is 8.97. The molecule has 0 bridgehead atoms. The second-order valence-corrected chi connectivity index (χ2v) is 4.41. The van der Waals surface area contributed by atoms with E-state index >= 15 is 0 Å². The van der Waals surface area contributed by atoms with E-state index in [2.05, 4.69) is 5.32 Å². The van der Waals surface area contributed by atoms with E-state index in [4.69, 9.17) is 5.73 Å². The van der Waals surface area contributed by atoms with Crippen LogP contribution in [-0.2, 0) is 4.79 Å². The minimum atomic E-state index is -0.376. The van der Waals surface area contributed by atoms with Gasteiger partial charge in [0.2, 0.25) is 5.91 Å². The Bertz CT molecular complexity index is 155. The van der Waals surface area contributed by atoms with Gasteiger partial charge in [-0.25, -0.2) is 0 Å². The molecule has 70 valence electrons. The van der Waals surface area contributed by atoms with E-state index in [-0.39, 0.29) is 11.9 Å². The Morgan fingerprint density at radius 2 is 2.58 bits per heavy atom. The Balaban J connectivity index is 2.12. The van der Waals surface area contributed by atoms with Crippen LogP contribution in [0.5, 0.6) is 0 Å². The number of hydrogen-bond donors (Lipinski definition) is 2. The van der Waals surface area contributed by atoms with E-state index in [1.165, 1.54) is 17.9 Å². The molecule has 1 fully saturated rings. The van der Waals surface area contributed by atoms with Gasteiger partial charge in [0, 0.05) is 6.54 Å². The molecule has 0 aromatic heterocycles. The van der Waals surface area contributed by atoms with Crippen molar-refractivity contribution in [2.45, 2.75) is 19.4 Å². The molecule has 0 aromatic carbocycles. The summed E-state index contributed by atoms with van der Waals surface area (Å²) < 4.78 is 0. The number of thioether (sulfide) groups is 1. The number of nitrogens with two attached hydrogens (primary N) is 1. The van der Waals surface area contributed by atoms with Gasteiger partial charge in [0.15, 0.2) is 0 Å². The summed E-state index contributed by atoms with van der Waals surface area (Å²) in [6.45, 7) is 2.51. The van der Waals surface area contributed by atoms with Crippen molar-refractivity contribution in [3.8, 4) is 0 Å². The van der Waals surface area contributed by atoms with Gasteiger partial charge in [-0.05, 0) is 30.8 Å². The molecule has 1 unspecified atom stereocenters. The average molecular weight is 188 g/mol. The highest BCUT2D eigenvalue weighted by Crippen LogP contribution is 2.22. The van der Waals surface area contributed by atoms with Gasteiger partial charge in [-0.1, -0.05) is 0 Å². The van der Waals surface area contributed by atoms with Crippen LogP contribution in [0.4, 0.5) is 0 Å². The maximum absolute atomic E-state index is 11.1. The predicted octanol–water partition coefficient (Wildman–Crippen LogP) is 0.203. The minimum Gasteiger partial charge on any atom is -0.354 e. The van der Waals surface area contributed by atoms with Crippen LogP contribution in [0.25, 0.3) is 0 Å². The standard InChI is InChI=1S/C8H16N2OS/c1-6(9)8(11)10-4-7-2-3-12-5-7/h6-7H,2-5,9H2,1H3,(H,10,11)/t6-,7?/m0/s1. The van der Waals surface area contributed by atoms with Crippen LogP contribution < -0.4 is 11.1 Å². The smallest absolute Gasteiger partial charge is 0.236 e. The zero-order valence-corrected chi connectivity index (χ0v) is 8.19. The van der Waals surface area contributed by atoms with Gasteiger partial charge in [0.05, 0.1) is 6.04 Å². The molecule has 1 heterocycles. The van der Waals surface area contributed by atoms with Crippen LogP contribution in [0.15, 0.2) is 0 Å². The molecule has 0 spiro atoms. The monoisotopic (exact) mass is 188 g/mol. The lowest BCUT2D eigenvalue weighted by atomic mass is 10.1. The summed E-state index contributed by atoms with van der Waals surface area (Å²) in [6.07, 6.45) is 1.23. The van der Waals surface area contributed by atoms with Crippen LogP contribution in [0.1, 0.15) is 13.3 Å². The van der Waals surface area contributed by atoms with Crippen LogP contribution in [0.2, 0.25) is 0 Å². The Kier molecular flexibility index (Phi) is 3.88. The van der Waals surface area contributed by atoms with Gasteiger partial charge < -0.3 is 11.1 Å². The maximum Gasteiger partial charge on any atom is 0.236 e. The topological polar surface area (TPSA) is 55.1 Å². The quantitative estimate of drug-likeness (QED) is 0.665. The molecule has 1 aliphatic rings. The van der Waals surface area contributed by atoms with Crippen molar-refractivity contribution in [1.82, 2.24) is 5.32 Å². The fraction of sp³-hybridized carbons (Fsp3) is 0.875. The highest BCUT2D eigenvalue weighted by molar-refractivity contribution is 7.99. The van der Waals surface area contributed by atoms with E-state index in [0.717, 1.165) is 6.54 Å². The fourth-order valence-corrected chi connectivity index (χ4v) is 2.43. The molecule has 1 amide bonds. The highest BCUT2D eigenvalue weighted by atomic mass is 32.2. The first-order valence-corrected chi connectivity index (χ1v) is 5.46. The van der Waals surface area contributed by atoms with Gasteiger partial charge in [0.25, 0.3) is 0 Å². The molecule has 1 saturated heterocycles. The third-order valence-corrected chi connectivity index (χ3v) is 3.23. The average Bonchev–Trinajstić information content (AvgIpc) is 2.51. The maximum atomic E-state index is 11.1. The number of rotatable bonds is 3. The first kappa shape index (κ1) is 9.86. The summed E-state index contributed by atoms with van der Waals surface area (Å²) in [5, 5.41) is 2.85. The molecule has 2 atom stereocenters. The van der Waals surface area contributed by atoms with Gasteiger partial charge in [-0.2, -0.15) is 11.8 Å². The molecule has 3 nitrogen and oxygen atoms in total.